The first-order chi connectivity index (χ1) is 13.8. The Bertz CT molecular complexity index is 840. The molecule has 2 aromatic rings. The molecule has 156 valence electrons. The lowest BCUT2D eigenvalue weighted by atomic mass is 10.2. The Hall–Kier alpha value is -2.23. The maximum Gasteiger partial charge on any atom is 0.231 e. The number of rotatable bonds is 6. The third-order valence-electron chi connectivity index (χ3n) is 4.90. The molecule has 0 saturated carbocycles. The molecule has 1 aromatic carbocycles. The van der Waals surface area contributed by atoms with Crippen molar-refractivity contribution in [2.24, 2.45) is 4.99 Å². The van der Waals surface area contributed by atoms with Crippen LogP contribution in [0.5, 0.6) is 11.5 Å². The molecule has 4 rings (SSSR count). The number of aromatic nitrogens is 1. The molecule has 29 heavy (non-hydrogen) atoms. The van der Waals surface area contributed by atoms with E-state index in [0.29, 0.717) is 13.1 Å². The van der Waals surface area contributed by atoms with Crippen LogP contribution >= 0.6 is 24.0 Å². The van der Waals surface area contributed by atoms with Crippen molar-refractivity contribution < 1.29 is 9.47 Å². The summed E-state index contributed by atoms with van der Waals surface area (Å²) in [6.07, 6.45) is 4.39. The van der Waals surface area contributed by atoms with Gasteiger partial charge in [-0.05, 0) is 55.2 Å². The average Bonchev–Trinajstić information content (AvgIpc) is 3.42. The van der Waals surface area contributed by atoms with E-state index in [1.54, 1.807) is 0 Å². The maximum atomic E-state index is 5.44. The molecule has 0 unspecified atom stereocenters. The number of nitrogens with one attached hydrogen (secondary N) is 2. The fraction of sp³-hybridized carbons (Fsp3) is 0.429. The molecule has 7 nitrogen and oxygen atoms in total. The van der Waals surface area contributed by atoms with E-state index in [-0.39, 0.29) is 30.8 Å². The number of hydrogen-bond donors (Lipinski definition) is 2. The van der Waals surface area contributed by atoms with Crippen LogP contribution in [0.1, 0.15) is 30.9 Å². The van der Waals surface area contributed by atoms with Gasteiger partial charge in [0, 0.05) is 32.4 Å². The lowest BCUT2D eigenvalue weighted by Gasteiger charge is -2.17. The summed E-state index contributed by atoms with van der Waals surface area (Å²) in [5.41, 5.74) is 2.28. The molecular formula is C21H28IN5O2. The number of halogens is 1. The number of pyridine rings is 1. The molecular weight excluding hydrogens is 481 g/mol. The number of guanidine groups is 1. The first-order valence-electron chi connectivity index (χ1n) is 9.92. The Kier molecular flexibility index (Phi) is 7.79. The SMILES string of the molecule is CCNC(=NCc1ccc2c(c1)OCO2)NCc1ccnc(N2CCCC2)c1.I. The fourth-order valence-electron chi connectivity index (χ4n) is 3.43. The van der Waals surface area contributed by atoms with Crippen LogP contribution in [-0.2, 0) is 13.1 Å². The van der Waals surface area contributed by atoms with Gasteiger partial charge in [-0.3, -0.25) is 0 Å². The molecule has 8 heteroatoms. The topological polar surface area (TPSA) is 71.0 Å². The van der Waals surface area contributed by atoms with Gasteiger partial charge in [0.2, 0.25) is 6.79 Å². The lowest BCUT2D eigenvalue weighted by Crippen LogP contribution is -2.36. The highest BCUT2D eigenvalue weighted by atomic mass is 127. The van der Waals surface area contributed by atoms with Crippen molar-refractivity contribution >= 4 is 35.8 Å². The van der Waals surface area contributed by atoms with Crippen molar-refractivity contribution in [2.45, 2.75) is 32.9 Å². The summed E-state index contributed by atoms with van der Waals surface area (Å²) in [4.78, 5) is 11.6. The van der Waals surface area contributed by atoms with Gasteiger partial charge in [-0.2, -0.15) is 0 Å². The zero-order valence-electron chi connectivity index (χ0n) is 16.7. The molecule has 1 fully saturated rings. The van der Waals surface area contributed by atoms with Crippen LogP contribution in [0.2, 0.25) is 0 Å². The first-order valence-corrected chi connectivity index (χ1v) is 9.92. The highest BCUT2D eigenvalue weighted by Crippen LogP contribution is 2.32. The third-order valence-corrected chi connectivity index (χ3v) is 4.90. The highest BCUT2D eigenvalue weighted by molar-refractivity contribution is 14.0. The summed E-state index contributed by atoms with van der Waals surface area (Å²) in [6.45, 7) is 6.64. The monoisotopic (exact) mass is 509 g/mol. The summed E-state index contributed by atoms with van der Waals surface area (Å²) < 4.78 is 10.8. The number of nitrogens with zero attached hydrogens (tertiary/aromatic N) is 3. The molecule has 0 bridgehead atoms. The summed E-state index contributed by atoms with van der Waals surface area (Å²) >= 11 is 0. The van der Waals surface area contributed by atoms with Crippen LogP contribution in [0.4, 0.5) is 5.82 Å². The van der Waals surface area contributed by atoms with Crippen LogP contribution in [-0.4, -0.2) is 37.4 Å². The standard InChI is InChI=1S/C21H27N5O2.HI/c1-2-22-21(24-13-16-5-6-18-19(11-16)28-15-27-18)25-14-17-7-8-23-20(12-17)26-9-3-4-10-26;/h5-8,11-12H,2-4,9-10,13-15H2,1H3,(H2,22,24,25);1H. The quantitative estimate of drug-likeness (QED) is 0.354. The van der Waals surface area contributed by atoms with Crippen LogP contribution < -0.4 is 25.0 Å². The predicted octanol–water partition coefficient (Wildman–Crippen LogP) is 3.28. The van der Waals surface area contributed by atoms with Crippen molar-refractivity contribution in [1.82, 2.24) is 15.6 Å². The first kappa shape index (κ1) is 21.5. The van der Waals surface area contributed by atoms with E-state index in [1.165, 1.54) is 18.4 Å². The van der Waals surface area contributed by atoms with Crippen LogP contribution in [0.25, 0.3) is 0 Å². The van der Waals surface area contributed by atoms with Crippen molar-refractivity contribution in [1.29, 1.82) is 0 Å². The van der Waals surface area contributed by atoms with Crippen LogP contribution in [0.3, 0.4) is 0 Å². The molecule has 2 aliphatic rings. The minimum atomic E-state index is 0. The van der Waals surface area contributed by atoms with E-state index in [2.05, 4.69) is 33.5 Å². The fourth-order valence-corrected chi connectivity index (χ4v) is 3.43. The Morgan fingerprint density at radius 2 is 1.90 bits per heavy atom. The van der Waals surface area contributed by atoms with Gasteiger partial charge < -0.3 is 25.0 Å². The lowest BCUT2D eigenvalue weighted by molar-refractivity contribution is 0.174. The largest absolute Gasteiger partial charge is 0.454 e. The molecule has 0 amide bonds. The number of benzene rings is 1. The van der Waals surface area contributed by atoms with Crippen molar-refractivity contribution in [3.63, 3.8) is 0 Å². The van der Waals surface area contributed by atoms with Gasteiger partial charge in [0.15, 0.2) is 17.5 Å². The van der Waals surface area contributed by atoms with Gasteiger partial charge in [0.1, 0.15) is 5.82 Å². The second-order valence-corrected chi connectivity index (χ2v) is 6.95. The Morgan fingerprint density at radius 1 is 1.07 bits per heavy atom. The molecule has 3 heterocycles. The van der Waals surface area contributed by atoms with Gasteiger partial charge in [-0.25, -0.2) is 9.98 Å². The van der Waals surface area contributed by atoms with Crippen LogP contribution in [0, 0.1) is 0 Å². The summed E-state index contributed by atoms with van der Waals surface area (Å²) in [5.74, 6) is 3.44. The summed E-state index contributed by atoms with van der Waals surface area (Å²) in [5, 5.41) is 6.72. The van der Waals surface area contributed by atoms with Gasteiger partial charge in [-0.1, -0.05) is 6.07 Å². The minimum absolute atomic E-state index is 0. The Morgan fingerprint density at radius 3 is 2.72 bits per heavy atom. The van der Waals surface area contributed by atoms with E-state index < -0.39 is 0 Å². The number of fused-ring (bicyclic) bond motifs is 1. The van der Waals surface area contributed by atoms with E-state index in [0.717, 1.165) is 48.5 Å². The number of ether oxygens (including phenoxy) is 2. The van der Waals surface area contributed by atoms with E-state index in [9.17, 15) is 0 Å². The molecule has 0 aliphatic carbocycles. The predicted molar refractivity (Wildman–Crippen MR) is 125 cm³/mol. The van der Waals surface area contributed by atoms with Crippen LogP contribution in [0.15, 0.2) is 41.5 Å². The maximum absolute atomic E-state index is 5.44. The smallest absolute Gasteiger partial charge is 0.231 e. The zero-order valence-corrected chi connectivity index (χ0v) is 19.0. The molecule has 0 spiro atoms. The highest BCUT2D eigenvalue weighted by Gasteiger charge is 2.14. The van der Waals surface area contributed by atoms with E-state index in [1.807, 2.05) is 30.5 Å². The van der Waals surface area contributed by atoms with E-state index >= 15 is 0 Å². The average molecular weight is 509 g/mol. The minimum Gasteiger partial charge on any atom is -0.454 e. The molecule has 0 radical (unpaired) electrons. The number of anilines is 1. The summed E-state index contributed by atoms with van der Waals surface area (Å²) in [7, 11) is 0. The Labute approximate surface area is 188 Å². The van der Waals surface area contributed by atoms with Crippen molar-refractivity contribution in [3.05, 3.63) is 47.7 Å². The zero-order chi connectivity index (χ0) is 19.2. The van der Waals surface area contributed by atoms with Crippen molar-refractivity contribution in [3.8, 4) is 11.5 Å². The molecule has 0 atom stereocenters. The van der Waals surface area contributed by atoms with E-state index in [4.69, 9.17) is 14.5 Å². The number of aliphatic imine (C=N–C) groups is 1. The van der Waals surface area contributed by atoms with Gasteiger partial charge >= 0.3 is 0 Å². The molecule has 2 N–H and O–H groups in total. The molecule has 1 aromatic heterocycles. The third kappa shape index (κ3) is 5.65. The molecule has 1 saturated heterocycles. The summed E-state index contributed by atoms with van der Waals surface area (Å²) in [6, 6.07) is 10.2. The normalized spacial score (nSPS) is 15.2. The second kappa shape index (κ2) is 10.5. The van der Waals surface area contributed by atoms with Crippen molar-refractivity contribution in [2.75, 3.05) is 31.3 Å². The Balaban J connectivity index is 0.00000240. The van der Waals surface area contributed by atoms with Gasteiger partial charge in [0.05, 0.1) is 6.54 Å². The van der Waals surface area contributed by atoms with Gasteiger partial charge in [0.25, 0.3) is 0 Å². The second-order valence-electron chi connectivity index (χ2n) is 6.95. The molecule has 2 aliphatic heterocycles. The number of hydrogen-bond acceptors (Lipinski definition) is 5. The van der Waals surface area contributed by atoms with Gasteiger partial charge in [-0.15, -0.1) is 24.0 Å².